The zero-order chi connectivity index (χ0) is 14.8. The van der Waals surface area contributed by atoms with Crippen LogP contribution in [0, 0.1) is 0 Å². The monoisotopic (exact) mass is 361 g/mol. The molecule has 0 aliphatic heterocycles. The smallest absolute Gasteiger partial charge is 0.211 e. The number of hydrogen-bond acceptors (Lipinski definition) is 4. The normalized spacial score (nSPS) is 12.6. The topological polar surface area (TPSA) is 49.9 Å². The Morgan fingerprint density at radius 3 is 2.86 bits per heavy atom. The number of aryl methyl sites for hydroxylation is 1. The van der Waals surface area contributed by atoms with Gasteiger partial charge in [0, 0.05) is 17.1 Å². The number of phenolic OH excluding ortho intramolecular Hbond substituents is 1. The van der Waals surface area contributed by atoms with Crippen LogP contribution in [0.5, 0.6) is 5.75 Å². The largest absolute Gasteiger partial charge is 0.507 e. The predicted octanol–water partition coefficient (Wildman–Crippen LogP) is 3.64. The predicted molar refractivity (Wildman–Crippen MR) is 89.8 cm³/mol. The van der Waals surface area contributed by atoms with Crippen molar-refractivity contribution < 1.29 is 5.11 Å². The van der Waals surface area contributed by atoms with Crippen LogP contribution in [0.4, 0.5) is 0 Å². The van der Waals surface area contributed by atoms with Crippen molar-refractivity contribution in [3.05, 3.63) is 57.3 Å². The molecule has 0 radical (unpaired) electrons. The van der Waals surface area contributed by atoms with Crippen molar-refractivity contribution in [3.8, 4) is 5.75 Å². The van der Waals surface area contributed by atoms with E-state index < -0.39 is 0 Å². The number of fused-ring (bicyclic) bond motifs is 1. The number of thiazole rings is 1. The molecule has 0 fully saturated rings. The highest BCUT2D eigenvalue weighted by Gasteiger charge is 2.01. The standard InChI is InChI=1S/C15H12BrN3OS/c1-19-12-4-2-3-5-14(12)21-15(19)18-17-9-10-8-11(16)6-7-13(10)20/h2-9,20H,1H3/b17-9+,18-15?. The Morgan fingerprint density at radius 2 is 2.05 bits per heavy atom. The Bertz CT molecular complexity index is 895. The van der Waals surface area contributed by atoms with Gasteiger partial charge in [-0.25, -0.2) is 0 Å². The molecular formula is C15H12BrN3OS. The summed E-state index contributed by atoms with van der Waals surface area (Å²) < 4.78 is 4.05. The summed E-state index contributed by atoms with van der Waals surface area (Å²) in [4.78, 5) is 0.807. The molecule has 3 rings (SSSR count). The summed E-state index contributed by atoms with van der Waals surface area (Å²) in [5.41, 5.74) is 1.75. The van der Waals surface area contributed by atoms with Crippen molar-refractivity contribution in [3.63, 3.8) is 0 Å². The van der Waals surface area contributed by atoms with Crippen LogP contribution in [-0.2, 0) is 7.05 Å². The third-order valence-electron chi connectivity index (χ3n) is 3.04. The van der Waals surface area contributed by atoms with Gasteiger partial charge in [-0.2, -0.15) is 5.10 Å². The molecule has 0 atom stereocenters. The van der Waals surface area contributed by atoms with E-state index in [2.05, 4.69) is 38.3 Å². The number of para-hydroxylation sites is 1. The van der Waals surface area contributed by atoms with Gasteiger partial charge in [-0.15, -0.1) is 5.10 Å². The van der Waals surface area contributed by atoms with Gasteiger partial charge in [0.15, 0.2) is 0 Å². The number of rotatable bonds is 2. The van der Waals surface area contributed by atoms with Crippen LogP contribution in [0.2, 0.25) is 0 Å². The van der Waals surface area contributed by atoms with Crippen LogP contribution in [0.3, 0.4) is 0 Å². The van der Waals surface area contributed by atoms with Gasteiger partial charge < -0.3 is 9.67 Å². The third-order valence-corrected chi connectivity index (χ3v) is 4.64. The zero-order valence-corrected chi connectivity index (χ0v) is 13.6. The van der Waals surface area contributed by atoms with Crippen LogP contribution >= 0.6 is 27.3 Å². The van der Waals surface area contributed by atoms with Gasteiger partial charge in [0.25, 0.3) is 0 Å². The fraction of sp³-hybridized carbons (Fsp3) is 0.0667. The maximum Gasteiger partial charge on any atom is 0.211 e. The van der Waals surface area contributed by atoms with E-state index in [1.165, 1.54) is 4.70 Å². The van der Waals surface area contributed by atoms with Crippen LogP contribution in [-0.4, -0.2) is 15.9 Å². The lowest BCUT2D eigenvalue weighted by molar-refractivity contribution is 0.474. The van der Waals surface area contributed by atoms with Gasteiger partial charge in [-0.1, -0.05) is 39.4 Å². The van der Waals surface area contributed by atoms with E-state index in [9.17, 15) is 5.11 Å². The number of aromatic nitrogens is 1. The van der Waals surface area contributed by atoms with Crippen molar-refractivity contribution in [2.24, 2.45) is 17.3 Å². The number of aromatic hydroxyl groups is 1. The molecule has 21 heavy (non-hydrogen) atoms. The summed E-state index contributed by atoms with van der Waals surface area (Å²) in [6.45, 7) is 0. The van der Waals surface area contributed by atoms with E-state index in [4.69, 9.17) is 0 Å². The molecule has 6 heteroatoms. The maximum absolute atomic E-state index is 9.74. The molecule has 1 N–H and O–H groups in total. The minimum atomic E-state index is 0.179. The summed E-state index contributed by atoms with van der Waals surface area (Å²) in [6, 6.07) is 13.3. The van der Waals surface area contributed by atoms with E-state index in [0.717, 1.165) is 14.8 Å². The summed E-state index contributed by atoms with van der Waals surface area (Å²) >= 11 is 4.94. The van der Waals surface area contributed by atoms with Crippen LogP contribution in [0.25, 0.3) is 10.2 Å². The van der Waals surface area contributed by atoms with E-state index in [1.807, 2.05) is 23.7 Å². The van der Waals surface area contributed by atoms with E-state index in [-0.39, 0.29) is 5.75 Å². The number of benzene rings is 2. The van der Waals surface area contributed by atoms with E-state index in [1.54, 1.807) is 35.8 Å². The van der Waals surface area contributed by atoms with Gasteiger partial charge in [-0.05, 0) is 30.3 Å². The summed E-state index contributed by atoms with van der Waals surface area (Å²) in [5.74, 6) is 0.179. The van der Waals surface area contributed by atoms with Crippen molar-refractivity contribution in [2.75, 3.05) is 0 Å². The number of hydrogen-bond donors (Lipinski definition) is 1. The van der Waals surface area contributed by atoms with Gasteiger partial charge in [0.1, 0.15) is 5.75 Å². The van der Waals surface area contributed by atoms with Crippen molar-refractivity contribution in [2.45, 2.75) is 0 Å². The van der Waals surface area contributed by atoms with Gasteiger partial charge >= 0.3 is 0 Å². The summed E-state index contributed by atoms with van der Waals surface area (Å²) in [5, 5.41) is 18.1. The average molecular weight is 362 g/mol. The van der Waals surface area contributed by atoms with Gasteiger partial charge in [-0.3, -0.25) is 0 Å². The molecule has 0 saturated carbocycles. The fourth-order valence-corrected chi connectivity index (χ4v) is 3.30. The molecule has 0 aliphatic rings. The average Bonchev–Trinajstić information content (AvgIpc) is 2.80. The molecule has 1 heterocycles. The summed E-state index contributed by atoms with van der Waals surface area (Å²) in [7, 11) is 1.96. The molecule has 0 saturated heterocycles. The molecule has 0 bridgehead atoms. The van der Waals surface area contributed by atoms with Crippen molar-refractivity contribution in [1.29, 1.82) is 0 Å². The summed E-state index contributed by atoms with van der Waals surface area (Å²) in [6.07, 6.45) is 1.55. The first-order valence-electron chi connectivity index (χ1n) is 6.25. The molecular weight excluding hydrogens is 350 g/mol. The Morgan fingerprint density at radius 1 is 1.24 bits per heavy atom. The highest BCUT2D eigenvalue weighted by Crippen LogP contribution is 2.20. The minimum absolute atomic E-state index is 0.179. The molecule has 4 nitrogen and oxygen atoms in total. The molecule has 0 amide bonds. The number of nitrogens with zero attached hydrogens (tertiary/aromatic N) is 3. The molecule has 2 aromatic carbocycles. The quantitative estimate of drug-likeness (QED) is 0.549. The Balaban J connectivity index is 1.99. The highest BCUT2D eigenvalue weighted by atomic mass is 79.9. The minimum Gasteiger partial charge on any atom is -0.507 e. The highest BCUT2D eigenvalue weighted by molar-refractivity contribution is 9.10. The molecule has 0 spiro atoms. The lowest BCUT2D eigenvalue weighted by Gasteiger charge is -1.97. The van der Waals surface area contributed by atoms with Crippen LogP contribution < -0.4 is 4.80 Å². The Labute approximate surface area is 133 Å². The van der Waals surface area contributed by atoms with E-state index in [0.29, 0.717) is 5.56 Å². The first-order valence-corrected chi connectivity index (χ1v) is 7.86. The van der Waals surface area contributed by atoms with Gasteiger partial charge in [0.05, 0.1) is 16.4 Å². The Kier molecular flexibility index (Phi) is 3.90. The first kappa shape index (κ1) is 14.0. The van der Waals surface area contributed by atoms with Crippen molar-refractivity contribution >= 4 is 43.7 Å². The van der Waals surface area contributed by atoms with E-state index >= 15 is 0 Å². The second-order valence-corrected chi connectivity index (χ2v) is 6.38. The first-order chi connectivity index (χ1) is 10.1. The Hall–Kier alpha value is -1.92. The zero-order valence-electron chi connectivity index (χ0n) is 11.2. The number of phenols is 1. The molecule has 0 aliphatic carbocycles. The molecule has 0 unspecified atom stereocenters. The van der Waals surface area contributed by atoms with Crippen LogP contribution in [0.1, 0.15) is 5.56 Å². The SMILES string of the molecule is Cn1c(=N/N=C/c2cc(Br)ccc2O)sc2ccccc21. The second-order valence-electron chi connectivity index (χ2n) is 4.46. The fourth-order valence-electron chi connectivity index (χ4n) is 1.95. The molecule has 106 valence electrons. The lowest BCUT2D eigenvalue weighted by atomic mass is 10.2. The molecule has 1 aromatic heterocycles. The maximum atomic E-state index is 9.74. The number of halogens is 1. The third kappa shape index (κ3) is 2.91. The molecule has 3 aromatic rings. The van der Waals surface area contributed by atoms with Crippen LogP contribution in [0.15, 0.2) is 57.1 Å². The lowest BCUT2D eigenvalue weighted by Crippen LogP contribution is -2.08. The van der Waals surface area contributed by atoms with Crippen molar-refractivity contribution in [1.82, 2.24) is 4.57 Å². The van der Waals surface area contributed by atoms with Gasteiger partial charge in [0.2, 0.25) is 4.80 Å². The second kappa shape index (κ2) is 5.83.